The van der Waals surface area contributed by atoms with Crippen molar-refractivity contribution in [3.63, 3.8) is 0 Å². The molecule has 27 heavy (non-hydrogen) atoms. The minimum absolute atomic E-state index is 0.0749. The van der Waals surface area contributed by atoms with Crippen molar-refractivity contribution < 1.29 is 17.9 Å². The summed E-state index contributed by atoms with van der Waals surface area (Å²) in [6, 6.07) is 9.25. The molecule has 144 valence electrons. The predicted molar refractivity (Wildman–Crippen MR) is 105 cm³/mol. The number of nitrogens with one attached hydrogen (secondary N) is 1. The van der Waals surface area contributed by atoms with Crippen LogP contribution >= 0.6 is 11.6 Å². The van der Waals surface area contributed by atoms with Crippen molar-refractivity contribution in [1.29, 1.82) is 0 Å². The van der Waals surface area contributed by atoms with E-state index in [4.69, 9.17) is 16.3 Å². The van der Waals surface area contributed by atoms with Gasteiger partial charge in [-0.15, -0.1) is 0 Å². The van der Waals surface area contributed by atoms with Crippen LogP contribution in [0.2, 0.25) is 5.02 Å². The van der Waals surface area contributed by atoms with Crippen molar-refractivity contribution in [2.75, 3.05) is 18.4 Å². The third-order valence-corrected chi connectivity index (χ3v) is 6.32. The fraction of sp³-hybridized carbons (Fsp3) is 0.316. The number of rotatable bonds is 6. The van der Waals surface area contributed by atoms with Crippen molar-refractivity contribution in [3.05, 3.63) is 47.0 Å². The Morgan fingerprint density at radius 3 is 2.37 bits per heavy atom. The lowest BCUT2D eigenvalue weighted by Crippen LogP contribution is -2.32. The molecule has 1 aliphatic rings. The Morgan fingerprint density at radius 2 is 1.70 bits per heavy atom. The molecule has 0 aromatic heterocycles. The van der Waals surface area contributed by atoms with Crippen LogP contribution in [0.5, 0.6) is 11.5 Å². The van der Waals surface area contributed by atoms with Gasteiger partial charge in [0, 0.05) is 18.1 Å². The van der Waals surface area contributed by atoms with Gasteiger partial charge in [0.15, 0.2) is 5.75 Å². The fourth-order valence-electron chi connectivity index (χ4n) is 2.93. The highest BCUT2D eigenvalue weighted by atomic mass is 35.5. The molecule has 1 N–H and O–H groups in total. The third-order valence-electron chi connectivity index (χ3n) is 4.19. The van der Waals surface area contributed by atoms with E-state index in [2.05, 4.69) is 5.32 Å². The van der Waals surface area contributed by atoms with Gasteiger partial charge in [-0.2, -0.15) is 4.31 Å². The maximum Gasteiger partial charge on any atom is 0.259 e. The van der Waals surface area contributed by atoms with Gasteiger partial charge in [-0.1, -0.05) is 25.4 Å². The smallest absolute Gasteiger partial charge is 0.259 e. The largest absolute Gasteiger partial charge is 0.454 e. The molecule has 0 saturated heterocycles. The van der Waals surface area contributed by atoms with Crippen LogP contribution < -0.4 is 10.1 Å². The minimum atomic E-state index is -3.69. The Bertz CT molecular complexity index is 970. The molecule has 0 radical (unpaired) electrons. The summed E-state index contributed by atoms with van der Waals surface area (Å²) >= 11 is 5.98. The monoisotopic (exact) mass is 408 g/mol. The Balaban J connectivity index is 2.01. The SMILES string of the molecule is CCCN(CCC)S(=O)(=O)c1ccc2c(c1)C(=O)Nc1cc(Cl)ccc1O2. The zero-order valence-electron chi connectivity index (χ0n) is 15.2. The number of ether oxygens (including phenoxy) is 1. The number of carbonyl (C=O) groups excluding carboxylic acids is 1. The van der Waals surface area contributed by atoms with Gasteiger partial charge in [0.05, 0.1) is 16.1 Å². The van der Waals surface area contributed by atoms with Crippen LogP contribution in [0.4, 0.5) is 5.69 Å². The van der Waals surface area contributed by atoms with E-state index in [1.807, 2.05) is 13.8 Å². The van der Waals surface area contributed by atoms with Gasteiger partial charge in [0.1, 0.15) is 5.75 Å². The van der Waals surface area contributed by atoms with Crippen LogP contribution in [0, 0.1) is 0 Å². The molecule has 0 unspecified atom stereocenters. The highest BCUT2D eigenvalue weighted by Gasteiger charge is 2.27. The second kappa shape index (κ2) is 7.88. The highest BCUT2D eigenvalue weighted by Crippen LogP contribution is 2.38. The Hall–Kier alpha value is -2.09. The van der Waals surface area contributed by atoms with E-state index in [1.165, 1.54) is 22.5 Å². The maximum atomic E-state index is 13.0. The predicted octanol–water partition coefficient (Wildman–Crippen LogP) is 4.51. The minimum Gasteiger partial charge on any atom is -0.454 e. The molecule has 2 aromatic carbocycles. The molecule has 0 spiro atoms. The van der Waals surface area contributed by atoms with Gasteiger partial charge in [-0.25, -0.2) is 8.42 Å². The average molecular weight is 409 g/mol. The van der Waals surface area contributed by atoms with Crippen LogP contribution in [0.3, 0.4) is 0 Å². The first kappa shape index (κ1) is 19.7. The lowest BCUT2D eigenvalue weighted by molar-refractivity contribution is 0.102. The maximum absolute atomic E-state index is 13.0. The summed E-state index contributed by atoms with van der Waals surface area (Å²) in [5.41, 5.74) is 0.600. The third kappa shape index (κ3) is 3.95. The molecular formula is C19H21ClN2O4S. The van der Waals surface area contributed by atoms with Crippen molar-refractivity contribution in [2.24, 2.45) is 0 Å². The zero-order chi connectivity index (χ0) is 19.6. The van der Waals surface area contributed by atoms with Gasteiger partial charge in [-0.05, 0) is 49.2 Å². The van der Waals surface area contributed by atoms with Crippen LogP contribution in [-0.4, -0.2) is 31.7 Å². The molecule has 8 heteroatoms. The van der Waals surface area contributed by atoms with E-state index in [0.29, 0.717) is 48.1 Å². The molecular weight excluding hydrogens is 388 g/mol. The summed E-state index contributed by atoms with van der Waals surface area (Å²) in [4.78, 5) is 12.7. The van der Waals surface area contributed by atoms with Gasteiger partial charge in [-0.3, -0.25) is 4.79 Å². The fourth-order valence-corrected chi connectivity index (χ4v) is 4.76. The number of halogens is 1. The van der Waals surface area contributed by atoms with Gasteiger partial charge >= 0.3 is 0 Å². The molecule has 2 aromatic rings. The summed E-state index contributed by atoms with van der Waals surface area (Å²) in [6.07, 6.45) is 1.42. The van der Waals surface area contributed by atoms with E-state index < -0.39 is 15.9 Å². The standard InChI is InChI=1S/C19H21ClN2O4S/c1-3-9-22(10-4-2)27(24,25)14-6-8-17-15(12-14)19(23)21-16-11-13(20)5-7-18(16)26-17/h5-8,11-12H,3-4,9-10H2,1-2H3,(H,21,23). The van der Waals surface area contributed by atoms with E-state index in [-0.39, 0.29) is 10.5 Å². The van der Waals surface area contributed by atoms with Crippen molar-refractivity contribution in [3.8, 4) is 11.5 Å². The normalized spacial score (nSPS) is 13.4. The number of fused-ring (bicyclic) bond motifs is 2. The Kier molecular flexibility index (Phi) is 5.74. The van der Waals surface area contributed by atoms with Crippen molar-refractivity contribution >= 4 is 33.2 Å². The number of hydrogen-bond acceptors (Lipinski definition) is 4. The van der Waals surface area contributed by atoms with Crippen LogP contribution in [-0.2, 0) is 10.0 Å². The van der Waals surface area contributed by atoms with E-state index >= 15 is 0 Å². The van der Waals surface area contributed by atoms with Crippen molar-refractivity contribution in [1.82, 2.24) is 4.31 Å². The first-order chi connectivity index (χ1) is 12.9. The second-order valence-electron chi connectivity index (χ2n) is 6.26. The number of carbonyl (C=O) groups is 1. The first-order valence-electron chi connectivity index (χ1n) is 8.79. The molecule has 3 rings (SSSR count). The summed E-state index contributed by atoms with van der Waals surface area (Å²) in [6.45, 7) is 4.72. The summed E-state index contributed by atoms with van der Waals surface area (Å²) in [7, 11) is -3.69. The number of anilines is 1. The second-order valence-corrected chi connectivity index (χ2v) is 8.63. The van der Waals surface area contributed by atoms with Crippen molar-refractivity contribution in [2.45, 2.75) is 31.6 Å². The number of amides is 1. The molecule has 1 amide bonds. The molecule has 1 heterocycles. The average Bonchev–Trinajstić information content (AvgIpc) is 2.76. The summed E-state index contributed by atoms with van der Waals surface area (Å²) < 4.78 is 33.2. The molecule has 1 aliphatic heterocycles. The summed E-state index contributed by atoms with van der Waals surface area (Å²) in [5.74, 6) is 0.298. The lowest BCUT2D eigenvalue weighted by atomic mass is 10.2. The van der Waals surface area contributed by atoms with Crippen LogP contribution in [0.1, 0.15) is 37.0 Å². The number of sulfonamides is 1. The molecule has 0 bridgehead atoms. The van der Waals surface area contributed by atoms with Crippen LogP contribution in [0.15, 0.2) is 41.3 Å². The molecule has 0 aliphatic carbocycles. The van der Waals surface area contributed by atoms with E-state index in [9.17, 15) is 13.2 Å². The molecule has 0 atom stereocenters. The first-order valence-corrected chi connectivity index (χ1v) is 10.6. The van der Waals surface area contributed by atoms with Gasteiger partial charge < -0.3 is 10.1 Å². The number of hydrogen-bond donors (Lipinski definition) is 1. The Labute approximate surface area is 164 Å². The number of benzene rings is 2. The quantitative estimate of drug-likeness (QED) is 0.763. The Morgan fingerprint density at radius 1 is 1.04 bits per heavy atom. The molecule has 6 nitrogen and oxygen atoms in total. The van der Waals surface area contributed by atoms with E-state index in [1.54, 1.807) is 18.2 Å². The van der Waals surface area contributed by atoms with Crippen LogP contribution in [0.25, 0.3) is 0 Å². The lowest BCUT2D eigenvalue weighted by Gasteiger charge is -2.21. The number of nitrogens with zero attached hydrogens (tertiary/aromatic N) is 1. The van der Waals surface area contributed by atoms with Gasteiger partial charge in [0.25, 0.3) is 5.91 Å². The van der Waals surface area contributed by atoms with E-state index in [0.717, 1.165) is 0 Å². The van der Waals surface area contributed by atoms with Gasteiger partial charge in [0.2, 0.25) is 10.0 Å². The topological polar surface area (TPSA) is 75.7 Å². The highest BCUT2D eigenvalue weighted by molar-refractivity contribution is 7.89. The molecule has 0 saturated carbocycles. The summed E-state index contributed by atoms with van der Waals surface area (Å²) in [5, 5.41) is 3.18. The zero-order valence-corrected chi connectivity index (χ0v) is 16.7. The molecule has 0 fully saturated rings.